The van der Waals surface area contributed by atoms with E-state index in [1.165, 1.54) is 23.6 Å². The molecule has 1 aromatic carbocycles. The van der Waals surface area contributed by atoms with Crippen LogP contribution in [0.3, 0.4) is 0 Å². The van der Waals surface area contributed by atoms with Gasteiger partial charge in [-0.25, -0.2) is 9.59 Å². The van der Waals surface area contributed by atoms with Gasteiger partial charge in [0.2, 0.25) is 17.7 Å². The molecule has 4 amide bonds. The number of hydrogen-bond acceptors (Lipinski definition) is 15. The normalized spacial score (nSPS) is 25.2. The van der Waals surface area contributed by atoms with Gasteiger partial charge >= 0.3 is 30.0 Å². The second-order valence-corrected chi connectivity index (χ2v) is 15.7. The van der Waals surface area contributed by atoms with Crippen LogP contribution in [0.25, 0.3) is 0 Å². The lowest BCUT2D eigenvalue weighted by Crippen LogP contribution is -2.68. The molecule has 19 heteroatoms. The summed E-state index contributed by atoms with van der Waals surface area (Å²) >= 11 is 0. The lowest BCUT2D eigenvalue weighted by atomic mass is 9.95. The number of benzene rings is 1. The van der Waals surface area contributed by atoms with Gasteiger partial charge in [0, 0.05) is 40.8 Å². The minimum absolute atomic E-state index is 0.0283. The van der Waals surface area contributed by atoms with E-state index >= 15 is 0 Å². The maximum atomic E-state index is 14.6. The van der Waals surface area contributed by atoms with Gasteiger partial charge in [0.15, 0.2) is 18.5 Å². The highest BCUT2D eigenvalue weighted by molar-refractivity contribution is 5.94. The van der Waals surface area contributed by atoms with E-state index in [0.717, 1.165) is 26.3 Å². The van der Waals surface area contributed by atoms with Crippen LogP contribution in [0.15, 0.2) is 30.3 Å². The molecule has 0 unspecified atom stereocenters. The fraction of sp³-hybridized carbons (Fsp3) is 0.650. The van der Waals surface area contributed by atoms with Crippen molar-refractivity contribution >= 4 is 47.7 Å². The minimum Gasteiger partial charge on any atom is -0.463 e. The second kappa shape index (κ2) is 20.6. The Morgan fingerprint density at radius 3 is 2.02 bits per heavy atom. The van der Waals surface area contributed by atoms with Crippen molar-refractivity contribution in [3.8, 4) is 0 Å². The lowest BCUT2D eigenvalue weighted by Gasteiger charge is -2.46. The zero-order valence-corrected chi connectivity index (χ0v) is 34.8. The Morgan fingerprint density at radius 2 is 1.42 bits per heavy atom. The van der Waals surface area contributed by atoms with Crippen LogP contribution >= 0.6 is 0 Å². The summed E-state index contributed by atoms with van der Waals surface area (Å²) in [5.41, 5.74) is -0.114. The van der Waals surface area contributed by atoms with E-state index in [9.17, 15) is 38.4 Å². The summed E-state index contributed by atoms with van der Waals surface area (Å²) in [7, 11) is 0. The van der Waals surface area contributed by atoms with Gasteiger partial charge < -0.3 is 48.7 Å². The van der Waals surface area contributed by atoms with Gasteiger partial charge in [-0.1, -0.05) is 30.3 Å². The fourth-order valence-electron chi connectivity index (χ4n) is 7.21. The zero-order chi connectivity index (χ0) is 43.6. The molecular formula is C40H56N4O15. The van der Waals surface area contributed by atoms with Gasteiger partial charge in [0.05, 0.1) is 6.10 Å². The number of hydrogen-bond donors (Lipinski definition) is 2. The van der Waals surface area contributed by atoms with Crippen molar-refractivity contribution in [3.63, 3.8) is 0 Å². The predicted molar refractivity (Wildman–Crippen MR) is 203 cm³/mol. The summed E-state index contributed by atoms with van der Waals surface area (Å²) in [5, 5.41) is 5.36. The molecule has 1 aromatic rings. The Balaban J connectivity index is 1.68. The molecule has 0 bridgehead atoms. The van der Waals surface area contributed by atoms with Crippen LogP contribution < -0.4 is 10.6 Å². The number of nitrogens with one attached hydrogen (secondary N) is 2. The average molecular weight is 833 g/mol. The number of carbonyl (C=O) groups is 8. The van der Waals surface area contributed by atoms with Crippen molar-refractivity contribution in [3.05, 3.63) is 35.9 Å². The molecule has 9 atom stereocenters. The summed E-state index contributed by atoms with van der Waals surface area (Å²) in [6.45, 7) is 10.9. The van der Waals surface area contributed by atoms with Crippen LogP contribution in [0.4, 0.5) is 4.79 Å². The minimum atomic E-state index is -1.59. The SMILES string of the molecule is CC(=O)N[C@H]1[C@@H](O[C@H](C)[C@H](NC(=O)[C@@H]2CCCN2C(=O)OCc2ccccc2)C(=O)N2CCC[C@H]2C(=O)OC(C)(C)C)O[C@H](COC(C)=O)[C@H](OC(C)=O)[C@@H]1OC(C)=O. The molecule has 326 valence electrons. The standard InChI is InChI=1S/C40H56N4O15/c1-22(55-38-32(41-23(2)45)34(57-26(5)48)33(56-25(4)47)30(58-38)21-53-24(3)46)31(36(50)43-18-13-17-29(43)37(51)59-40(6,7)8)42-35(49)28-16-12-19-44(28)39(52)54-20-27-14-10-9-11-15-27/h9-11,14-15,22,28-34,38H,12-13,16-21H2,1-8H3,(H,41,45)(H,42,49)/t22-,28+,29+,30-,31+,32-,33+,34-,38+/m1/s1. The van der Waals surface area contributed by atoms with Gasteiger partial charge in [-0.2, -0.15) is 0 Å². The smallest absolute Gasteiger partial charge is 0.410 e. The van der Waals surface area contributed by atoms with E-state index in [0.29, 0.717) is 12.8 Å². The Kier molecular flexibility index (Phi) is 16.2. The molecule has 2 N–H and O–H groups in total. The van der Waals surface area contributed by atoms with Crippen LogP contribution in [0.1, 0.15) is 86.6 Å². The summed E-state index contributed by atoms with van der Waals surface area (Å²) in [4.78, 5) is 107. The van der Waals surface area contributed by atoms with Crippen molar-refractivity contribution < 1.29 is 71.5 Å². The largest absolute Gasteiger partial charge is 0.463 e. The number of rotatable bonds is 14. The number of ether oxygens (including phenoxy) is 7. The van der Waals surface area contributed by atoms with Crippen molar-refractivity contribution in [1.29, 1.82) is 0 Å². The van der Waals surface area contributed by atoms with E-state index in [1.54, 1.807) is 45.0 Å². The summed E-state index contributed by atoms with van der Waals surface area (Å²) in [6, 6.07) is 4.05. The van der Waals surface area contributed by atoms with Crippen LogP contribution in [-0.4, -0.2) is 138 Å². The summed E-state index contributed by atoms with van der Waals surface area (Å²) in [6.07, 6.45) is -6.37. The Labute approximate surface area is 343 Å². The molecule has 3 fully saturated rings. The predicted octanol–water partition coefficient (Wildman–Crippen LogP) is 1.67. The molecule has 3 aliphatic heterocycles. The molecule has 19 nitrogen and oxygen atoms in total. The highest BCUT2D eigenvalue weighted by Gasteiger charge is 2.53. The van der Waals surface area contributed by atoms with Crippen molar-refractivity contribution in [2.24, 2.45) is 0 Å². The molecule has 0 saturated carbocycles. The fourth-order valence-corrected chi connectivity index (χ4v) is 7.21. The zero-order valence-electron chi connectivity index (χ0n) is 34.8. The first-order chi connectivity index (χ1) is 27.7. The quantitative estimate of drug-likeness (QED) is 0.201. The van der Waals surface area contributed by atoms with Gasteiger partial charge in [0.1, 0.15) is 49.1 Å². The van der Waals surface area contributed by atoms with Crippen LogP contribution in [0, 0.1) is 0 Å². The molecule has 0 spiro atoms. The molecule has 0 aliphatic carbocycles. The van der Waals surface area contributed by atoms with E-state index in [4.69, 9.17) is 33.2 Å². The van der Waals surface area contributed by atoms with Crippen LogP contribution in [0.2, 0.25) is 0 Å². The number of amides is 4. The molecule has 3 aliphatic rings. The molecule has 3 saturated heterocycles. The van der Waals surface area contributed by atoms with Gasteiger partial charge in [0.25, 0.3) is 0 Å². The molecule has 3 heterocycles. The van der Waals surface area contributed by atoms with Crippen LogP contribution in [0.5, 0.6) is 0 Å². The Morgan fingerprint density at radius 1 is 0.814 bits per heavy atom. The number of esters is 4. The van der Waals surface area contributed by atoms with Crippen molar-refractivity contribution in [1.82, 2.24) is 20.4 Å². The van der Waals surface area contributed by atoms with E-state index in [2.05, 4.69) is 10.6 Å². The Hall–Kier alpha value is -5.30. The molecule has 0 aromatic heterocycles. The first-order valence-corrected chi connectivity index (χ1v) is 19.6. The third-order valence-corrected chi connectivity index (χ3v) is 9.66. The molecular weight excluding hydrogens is 776 g/mol. The molecule has 59 heavy (non-hydrogen) atoms. The van der Waals surface area contributed by atoms with Gasteiger partial charge in [-0.15, -0.1) is 0 Å². The van der Waals surface area contributed by atoms with Crippen LogP contribution in [-0.2, 0) is 73.3 Å². The van der Waals surface area contributed by atoms with Crippen molar-refractivity contribution in [2.45, 2.75) is 148 Å². The third kappa shape index (κ3) is 13.1. The van der Waals surface area contributed by atoms with E-state index < -0.39 is 115 Å². The maximum absolute atomic E-state index is 14.6. The van der Waals surface area contributed by atoms with E-state index in [-0.39, 0.29) is 32.5 Å². The van der Waals surface area contributed by atoms with E-state index in [1.807, 2.05) is 6.07 Å². The van der Waals surface area contributed by atoms with Crippen molar-refractivity contribution in [2.75, 3.05) is 19.7 Å². The third-order valence-electron chi connectivity index (χ3n) is 9.66. The first-order valence-electron chi connectivity index (χ1n) is 19.6. The topological polar surface area (TPSA) is 232 Å². The second-order valence-electron chi connectivity index (χ2n) is 15.7. The molecule has 0 radical (unpaired) electrons. The van der Waals surface area contributed by atoms with Gasteiger partial charge in [-0.3, -0.25) is 33.7 Å². The number of carbonyl (C=O) groups excluding carboxylic acids is 8. The maximum Gasteiger partial charge on any atom is 0.410 e. The Bertz CT molecular complexity index is 1700. The number of nitrogens with zero attached hydrogens (tertiary/aromatic N) is 2. The number of likely N-dealkylation sites (tertiary alicyclic amines) is 2. The summed E-state index contributed by atoms with van der Waals surface area (Å²) < 4.78 is 39.9. The first kappa shape index (κ1) is 46.4. The highest BCUT2D eigenvalue weighted by Crippen LogP contribution is 2.30. The highest BCUT2D eigenvalue weighted by atomic mass is 16.7. The molecule has 4 rings (SSSR count). The van der Waals surface area contributed by atoms with Gasteiger partial charge in [-0.05, 0) is 58.9 Å². The summed E-state index contributed by atoms with van der Waals surface area (Å²) in [5.74, 6) is -5.03. The lowest BCUT2D eigenvalue weighted by molar-refractivity contribution is -0.287. The average Bonchev–Trinajstić information content (AvgIpc) is 3.85. The monoisotopic (exact) mass is 832 g/mol.